The molecule has 1 saturated heterocycles. The van der Waals surface area contributed by atoms with Gasteiger partial charge in [0.05, 0.1) is 31.7 Å². The van der Waals surface area contributed by atoms with Crippen molar-refractivity contribution in [2.45, 2.75) is 183 Å². The maximum Gasteiger partial charge on any atom is 0.326 e. The minimum absolute atomic E-state index is 0.0103. The van der Waals surface area contributed by atoms with E-state index in [1.54, 1.807) is 51.3 Å². The third-order valence-electron chi connectivity index (χ3n) is 17.1. The maximum atomic E-state index is 17.1. The van der Waals surface area contributed by atoms with Gasteiger partial charge in [-0.25, -0.2) is 28.7 Å². The maximum absolute atomic E-state index is 17.1. The van der Waals surface area contributed by atoms with Crippen molar-refractivity contribution in [3.8, 4) is 0 Å². The number of nitrogens with one attached hydrogen (secondary N) is 8. The van der Waals surface area contributed by atoms with Crippen molar-refractivity contribution in [3.63, 3.8) is 0 Å². The molecule has 0 spiro atoms. The second-order valence-electron chi connectivity index (χ2n) is 28.0. The van der Waals surface area contributed by atoms with Gasteiger partial charge >= 0.3 is 47.8 Å². The van der Waals surface area contributed by atoms with Crippen LogP contribution in [-0.2, 0) is 73.2 Å². The highest BCUT2D eigenvalue weighted by Crippen LogP contribution is 2.74. The molecule has 8 atom stereocenters. The molecule has 0 bridgehead atoms. The third-order valence-corrected chi connectivity index (χ3v) is 26.2. The van der Waals surface area contributed by atoms with E-state index < -0.39 is 206 Å². The Morgan fingerprint density at radius 2 is 0.972 bits per heavy atom. The van der Waals surface area contributed by atoms with E-state index in [-0.39, 0.29) is 123 Å². The fourth-order valence-electron chi connectivity index (χ4n) is 11.3. The molecule has 17 N–H and O–H groups in total. The highest BCUT2D eigenvalue weighted by Gasteiger charge is 2.48. The number of carboxylic acid groups (broad SMARTS) is 7. The number of nitrogens with zero attached hydrogens (tertiary/aromatic N) is 6. The molecule has 2 aromatic rings. The number of benzene rings is 1. The van der Waals surface area contributed by atoms with Crippen LogP contribution < -0.4 is 42.5 Å². The van der Waals surface area contributed by atoms with E-state index >= 15 is 3.89 Å². The summed E-state index contributed by atoms with van der Waals surface area (Å²) in [5.74, 6) is -14.1. The largest absolute Gasteiger partial charge is 0.481 e. The Labute approximate surface area is 632 Å². The number of carbonyl (C=O) groups is 14. The lowest BCUT2D eigenvalue weighted by Gasteiger charge is -2.52. The van der Waals surface area contributed by atoms with Crippen LogP contribution in [0, 0.1) is 0 Å². The van der Waals surface area contributed by atoms with Gasteiger partial charge in [-0.15, -0.1) is 13.7 Å². The number of halogens is 1. The number of urea groups is 1. The average Bonchev–Trinajstić information content (AvgIpc) is 0.940. The second kappa shape index (κ2) is 45.8. The van der Waals surface area contributed by atoms with Crippen LogP contribution in [0.1, 0.15) is 154 Å². The lowest BCUT2D eigenvalue weighted by molar-refractivity contribution is -0.143. The average molecular weight is 1630 g/mol. The summed E-state index contributed by atoms with van der Waals surface area (Å²) in [5, 5.41) is 92.8. The molecule has 1 fully saturated rings. The molecule has 1 aliphatic heterocycles. The summed E-state index contributed by atoms with van der Waals surface area (Å²) >= 11 is 0. The molecule has 109 heavy (non-hydrogen) atoms. The Hall–Kier alpha value is -8.29. The zero-order valence-electron chi connectivity index (χ0n) is 61.9. The number of unbranched alkanes of at least 4 members (excludes halogenated alkanes) is 1. The van der Waals surface area contributed by atoms with E-state index in [4.69, 9.17) is 15.3 Å². The molecule has 3 unspecified atom stereocenters. The summed E-state index contributed by atoms with van der Waals surface area (Å²) in [6.07, 6.45) is -3.36. The smallest absolute Gasteiger partial charge is 0.326 e. The van der Waals surface area contributed by atoms with Gasteiger partial charge in [0.15, 0.2) is 0 Å². The van der Waals surface area contributed by atoms with E-state index in [1.165, 1.54) is 30.5 Å². The normalized spacial score (nSPS) is 16.1. The van der Waals surface area contributed by atoms with Gasteiger partial charge in [-0.3, -0.25) is 67.0 Å². The predicted molar refractivity (Wildman–Crippen MR) is 395 cm³/mol. The SMILES string of the molecule is CC(C)(C)S(F)(c1ccc(C(=O)NC[C@@H](C(=O)N[C@H](CCCCNC(=O)CCC(=O)NCCC[C@H](NC(=O)CC[C@H](NC(=O)N[C@@H](CCC(=O)O)C(=O)O)C(=O)O)C(=O)O)C(=O)O)n2cc(CNC(=O)CCP(=O)(O)CN3CCN(CPCCC(=O)O)CCN(CP(=O)(O)CCC(=O)O)CC3)nn2)cc1)C(C)(C)C. The molecule has 614 valence electrons. The van der Waals surface area contributed by atoms with Gasteiger partial charge < -0.3 is 88.1 Å². The first-order valence-corrected chi connectivity index (χ1v) is 42.2. The quantitative estimate of drug-likeness (QED) is 0.0332. The predicted octanol–water partition coefficient (Wildman–Crippen LogP) is 1.81. The van der Waals surface area contributed by atoms with Gasteiger partial charge in [0, 0.05) is 136 Å². The van der Waals surface area contributed by atoms with Crippen LogP contribution in [0.15, 0.2) is 35.4 Å². The van der Waals surface area contributed by atoms with E-state index in [0.717, 1.165) is 4.68 Å². The minimum Gasteiger partial charge on any atom is -0.481 e. The van der Waals surface area contributed by atoms with Crippen LogP contribution in [0.2, 0.25) is 0 Å². The number of aliphatic carboxylic acids is 7. The Balaban J connectivity index is 1.62. The standard InChI is InChI=1S/C65H106FN14O25P3S/c1-64(2,3)109(66,65(4,5)6)44-14-12-42(13-15-44)57(91)70-37-49(80-38-43(75-76-80)36-69-52(83)23-34-107(102,103)40-78-29-27-77(39-106-33-22-55(87)88)28-30-79(32-31-78)41-108(104,105)35-24-56(89)90)58(92)72-46(60(95)96)10-7-8-25-67-50(81)19-20-51(82)68-26-9-11-45(59(93)94)71-53(84)18-16-47(61(97)98)73-63(101)74-48(62(99)100)17-21-54(85)86/h12-15,38,45-49,106H,7-11,16-37,39-41H2,1-6H3,(H,67,81)(H,68,82)(H,69,83)(H,70,91)(H,71,84)(H,72,92)(H,85,86)(H,87,88)(H,89,90)(H,93,94)(H,95,96)(H,97,98)(H,99,100)(H,102,103)(H,104,105)(H2,73,74,101)/t45-,46+,47-,48-,49-/m0/s1. The molecule has 8 amide bonds. The number of hydrogen-bond acceptors (Lipinski definition) is 21. The molecular formula is C65H106FN14O25P3S. The van der Waals surface area contributed by atoms with E-state index in [2.05, 4.69) is 42.2 Å². The lowest BCUT2D eigenvalue weighted by atomic mass is 10.1. The molecule has 1 aromatic heterocycles. The molecule has 1 aliphatic rings. The third kappa shape index (κ3) is 36.0. The fourth-order valence-corrected chi connectivity index (χ4v) is 19.5. The van der Waals surface area contributed by atoms with E-state index in [1.807, 2.05) is 15.5 Å². The molecule has 39 nitrogen and oxygen atoms in total. The fraction of sp³-hybridized carbons (Fsp3) is 0.662. The second-order valence-corrected chi connectivity index (χ2v) is 38.2. The Morgan fingerprint density at radius 3 is 1.47 bits per heavy atom. The minimum atomic E-state index is -4.09. The summed E-state index contributed by atoms with van der Waals surface area (Å²) in [6, 6.07) is -3.28. The zero-order chi connectivity index (χ0) is 82.0. The Bertz CT molecular complexity index is 3550. The Kier molecular flexibility index (Phi) is 39.8. The molecule has 0 radical (unpaired) electrons. The molecule has 3 rings (SSSR count). The number of carbonyl (C=O) groups excluding carboxylic acids is 7. The molecule has 44 heteroatoms. The number of amides is 8. The number of aromatic nitrogens is 3. The molecule has 2 heterocycles. The summed E-state index contributed by atoms with van der Waals surface area (Å²) < 4.78 is 43.3. The number of carboxylic acids is 7. The summed E-state index contributed by atoms with van der Waals surface area (Å²) in [6.45, 7) is 11.7. The van der Waals surface area contributed by atoms with Crippen molar-refractivity contribution in [3.05, 3.63) is 41.7 Å². The van der Waals surface area contributed by atoms with Gasteiger partial charge in [0.25, 0.3) is 5.91 Å². The summed E-state index contributed by atoms with van der Waals surface area (Å²) in [4.78, 5) is 200. The van der Waals surface area contributed by atoms with Gasteiger partial charge in [0.1, 0.15) is 35.9 Å². The van der Waals surface area contributed by atoms with Crippen molar-refractivity contribution < 1.29 is 126 Å². The van der Waals surface area contributed by atoms with Crippen LogP contribution in [0.25, 0.3) is 0 Å². The summed E-state index contributed by atoms with van der Waals surface area (Å²) in [5.41, 5.74) is 0.159. The van der Waals surface area contributed by atoms with Crippen LogP contribution in [0.5, 0.6) is 0 Å². The van der Waals surface area contributed by atoms with Crippen molar-refractivity contribution in [1.82, 2.24) is 72.2 Å². The highest BCUT2D eigenvalue weighted by molar-refractivity contribution is 8.31. The molecular weight excluding hydrogens is 1520 g/mol. The first-order chi connectivity index (χ1) is 50.8. The first-order valence-electron chi connectivity index (χ1n) is 35.2. The first kappa shape index (κ1) is 94.9. The molecule has 1 aromatic carbocycles. The zero-order valence-corrected chi connectivity index (χ0v) is 65.5. The van der Waals surface area contributed by atoms with E-state index in [9.17, 15) is 106 Å². The van der Waals surface area contributed by atoms with Crippen molar-refractivity contribution in [2.24, 2.45) is 0 Å². The lowest BCUT2D eigenvalue weighted by Crippen LogP contribution is -2.51. The van der Waals surface area contributed by atoms with Gasteiger partial charge in [-0.05, 0) is 117 Å². The van der Waals surface area contributed by atoms with E-state index in [0.29, 0.717) is 37.0 Å². The van der Waals surface area contributed by atoms with Crippen molar-refractivity contribution in [2.75, 3.05) is 96.2 Å². The van der Waals surface area contributed by atoms with Crippen LogP contribution in [0.4, 0.5) is 8.68 Å². The number of rotatable bonds is 49. The van der Waals surface area contributed by atoms with Crippen molar-refractivity contribution >= 4 is 117 Å². The highest BCUT2D eigenvalue weighted by atomic mass is 32.3. The van der Waals surface area contributed by atoms with Gasteiger partial charge in [-0.1, -0.05) is 15.6 Å². The van der Waals surface area contributed by atoms with Crippen molar-refractivity contribution in [1.29, 1.82) is 0 Å². The molecule has 0 aliphatic carbocycles. The van der Waals surface area contributed by atoms with Crippen LogP contribution >= 0.6 is 33.7 Å². The topological polar surface area (TPSA) is 592 Å². The monoisotopic (exact) mass is 1630 g/mol. The summed E-state index contributed by atoms with van der Waals surface area (Å²) in [7, 11) is -10.8. The van der Waals surface area contributed by atoms with Crippen LogP contribution in [-0.4, -0.2) is 288 Å². The Morgan fingerprint density at radius 1 is 0.523 bits per heavy atom. The van der Waals surface area contributed by atoms with Gasteiger partial charge in [0.2, 0.25) is 44.3 Å². The van der Waals surface area contributed by atoms with Gasteiger partial charge in [-0.2, -0.15) is 3.89 Å². The number of hydrogen-bond donors (Lipinski definition) is 17. The molecule has 0 saturated carbocycles. The van der Waals surface area contributed by atoms with Crippen LogP contribution in [0.3, 0.4) is 0 Å².